The fraction of sp³-hybridized carbons (Fsp3) is 0.500. The second-order valence-electron chi connectivity index (χ2n) is 4.47. The molecule has 0 nitrogen and oxygen atoms in total. The largest absolute Gasteiger partial charge is 0.103 e. The van der Waals surface area contributed by atoms with Crippen LogP contribution in [-0.2, 0) is 0 Å². The van der Waals surface area contributed by atoms with Crippen LogP contribution in [0.3, 0.4) is 0 Å². The average molecular weight is 218 g/mol. The highest BCUT2D eigenvalue weighted by molar-refractivity contribution is 5.00. The summed E-state index contributed by atoms with van der Waals surface area (Å²) in [5.41, 5.74) is 0.244. The molecular weight excluding hydrogens is 192 g/mol. The Hall–Kier alpha value is -1.04. The molecule has 0 rings (SSSR count). The van der Waals surface area contributed by atoms with Crippen molar-refractivity contribution in [2.24, 2.45) is 11.3 Å². The zero-order valence-corrected chi connectivity index (χ0v) is 10.8. The summed E-state index contributed by atoms with van der Waals surface area (Å²) in [4.78, 5) is 0. The van der Waals surface area contributed by atoms with Gasteiger partial charge in [-0.15, -0.1) is 26.3 Å². The highest BCUT2D eigenvalue weighted by Gasteiger charge is 2.33. The standard InChI is InChI=1S/C16H26/c1-6-11-15(10-5)16(12-7-2,13-8-3)14-9-4/h6-9,15H,1-4,10-14H2,5H3. The van der Waals surface area contributed by atoms with Gasteiger partial charge in [0.05, 0.1) is 0 Å². The summed E-state index contributed by atoms with van der Waals surface area (Å²) in [5.74, 6) is 0.638. The Labute approximate surface area is 101 Å². The Morgan fingerprint density at radius 2 is 1.31 bits per heavy atom. The van der Waals surface area contributed by atoms with Crippen LogP contribution in [0.15, 0.2) is 50.6 Å². The number of allylic oxidation sites excluding steroid dienone is 4. The minimum atomic E-state index is 0.244. The van der Waals surface area contributed by atoms with E-state index < -0.39 is 0 Å². The van der Waals surface area contributed by atoms with E-state index in [1.807, 2.05) is 24.3 Å². The smallest absolute Gasteiger partial charge is 0.0163 e. The summed E-state index contributed by atoms with van der Waals surface area (Å²) < 4.78 is 0. The van der Waals surface area contributed by atoms with E-state index in [1.165, 1.54) is 6.42 Å². The lowest BCUT2D eigenvalue weighted by Gasteiger charge is -2.39. The molecule has 1 unspecified atom stereocenters. The maximum atomic E-state index is 3.89. The molecule has 0 aliphatic carbocycles. The van der Waals surface area contributed by atoms with Gasteiger partial charge in [0, 0.05) is 0 Å². The van der Waals surface area contributed by atoms with Gasteiger partial charge in [-0.2, -0.15) is 0 Å². The van der Waals surface area contributed by atoms with Gasteiger partial charge in [-0.05, 0) is 37.0 Å². The zero-order chi connectivity index (χ0) is 12.4. The minimum absolute atomic E-state index is 0.244. The molecule has 0 aromatic heterocycles. The molecule has 0 fully saturated rings. The third-order valence-electron chi connectivity index (χ3n) is 3.46. The van der Waals surface area contributed by atoms with Gasteiger partial charge >= 0.3 is 0 Å². The third-order valence-corrected chi connectivity index (χ3v) is 3.46. The van der Waals surface area contributed by atoms with Crippen LogP contribution in [0.2, 0.25) is 0 Å². The van der Waals surface area contributed by atoms with Crippen LogP contribution in [0.5, 0.6) is 0 Å². The fourth-order valence-corrected chi connectivity index (χ4v) is 2.66. The number of rotatable bonds is 10. The average Bonchev–Trinajstić information content (AvgIpc) is 2.26. The molecule has 0 amide bonds. The molecule has 0 aliphatic rings. The van der Waals surface area contributed by atoms with E-state index in [1.54, 1.807) is 0 Å². The molecule has 0 bridgehead atoms. The van der Waals surface area contributed by atoms with Crippen molar-refractivity contribution < 1.29 is 0 Å². The normalized spacial score (nSPS) is 12.8. The van der Waals surface area contributed by atoms with Crippen molar-refractivity contribution in [1.82, 2.24) is 0 Å². The molecule has 0 heterocycles. The summed E-state index contributed by atoms with van der Waals surface area (Å²) in [7, 11) is 0. The van der Waals surface area contributed by atoms with Crippen LogP contribution >= 0.6 is 0 Å². The van der Waals surface area contributed by atoms with E-state index in [-0.39, 0.29) is 5.41 Å². The maximum Gasteiger partial charge on any atom is -0.0163 e. The van der Waals surface area contributed by atoms with E-state index >= 15 is 0 Å². The van der Waals surface area contributed by atoms with Crippen molar-refractivity contribution in [1.29, 1.82) is 0 Å². The first-order chi connectivity index (χ1) is 7.70. The first-order valence-corrected chi connectivity index (χ1v) is 6.14. The van der Waals surface area contributed by atoms with Gasteiger partial charge in [0.25, 0.3) is 0 Å². The second kappa shape index (κ2) is 8.15. The second-order valence-corrected chi connectivity index (χ2v) is 4.47. The molecule has 0 heteroatoms. The van der Waals surface area contributed by atoms with Crippen LogP contribution in [0.25, 0.3) is 0 Å². The van der Waals surface area contributed by atoms with Crippen molar-refractivity contribution in [3.63, 3.8) is 0 Å². The molecule has 16 heavy (non-hydrogen) atoms. The Balaban J connectivity index is 5.05. The van der Waals surface area contributed by atoms with Crippen molar-refractivity contribution in [2.45, 2.75) is 39.0 Å². The Morgan fingerprint density at radius 1 is 0.875 bits per heavy atom. The zero-order valence-electron chi connectivity index (χ0n) is 10.8. The Bertz CT molecular complexity index is 208. The molecule has 0 saturated heterocycles. The van der Waals surface area contributed by atoms with Crippen molar-refractivity contribution >= 4 is 0 Å². The topological polar surface area (TPSA) is 0 Å². The highest BCUT2D eigenvalue weighted by Crippen LogP contribution is 2.43. The molecule has 1 atom stereocenters. The van der Waals surface area contributed by atoms with Crippen molar-refractivity contribution in [3.8, 4) is 0 Å². The quantitative estimate of drug-likeness (QED) is 0.436. The first-order valence-electron chi connectivity index (χ1n) is 6.14. The molecule has 0 spiro atoms. The third kappa shape index (κ3) is 3.84. The summed E-state index contributed by atoms with van der Waals surface area (Å²) in [6, 6.07) is 0. The van der Waals surface area contributed by atoms with E-state index in [0.717, 1.165) is 25.7 Å². The molecule has 0 aromatic carbocycles. The summed E-state index contributed by atoms with van der Waals surface area (Å²) in [6.07, 6.45) is 13.4. The number of hydrogen-bond acceptors (Lipinski definition) is 0. The van der Waals surface area contributed by atoms with Crippen LogP contribution in [0.4, 0.5) is 0 Å². The molecule has 0 aromatic rings. The van der Waals surface area contributed by atoms with E-state index in [9.17, 15) is 0 Å². The van der Waals surface area contributed by atoms with E-state index in [2.05, 4.69) is 33.2 Å². The fourth-order valence-electron chi connectivity index (χ4n) is 2.66. The first kappa shape index (κ1) is 15.0. The molecule has 0 radical (unpaired) electrons. The Morgan fingerprint density at radius 3 is 1.56 bits per heavy atom. The number of hydrogen-bond donors (Lipinski definition) is 0. The lowest BCUT2D eigenvalue weighted by Crippen LogP contribution is -2.29. The lowest BCUT2D eigenvalue weighted by molar-refractivity contribution is 0.162. The van der Waals surface area contributed by atoms with Gasteiger partial charge in [0.1, 0.15) is 0 Å². The monoisotopic (exact) mass is 218 g/mol. The molecule has 0 N–H and O–H groups in total. The molecule has 0 aliphatic heterocycles. The van der Waals surface area contributed by atoms with Crippen LogP contribution in [0.1, 0.15) is 39.0 Å². The predicted octanol–water partition coefficient (Wildman–Crippen LogP) is 5.30. The lowest BCUT2D eigenvalue weighted by atomic mass is 9.66. The van der Waals surface area contributed by atoms with Crippen molar-refractivity contribution in [2.75, 3.05) is 0 Å². The van der Waals surface area contributed by atoms with Gasteiger partial charge in [0.2, 0.25) is 0 Å². The van der Waals surface area contributed by atoms with Gasteiger partial charge in [-0.1, -0.05) is 37.6 Å². The van der Waals surface area contributed by atoms with E-state index in [4.69, 9.17) is 0 Å². The van der Waals surface area contributed by atoms with Crippen LogP contribution in [-0.4, -0.2) is 0 Å². The summed E-state index contributed by atoms with van der Waals surface area (Å²) in [5, 5.41) is 0. The molecule has 90 valence electrons. The van der Waals surface area contributed by atoms with E-state index in [0.29, 0.717) is 5.92 Å². The van der Waals surface area contributed by atoms with Gasteiger partial charge in [-0.3, -0.25) is 0 Å². The molecule has 0 saturated carbocycles. The summed E-state index contributed by atoms with van der Waals surface area (Å²) >= 11 is 0. The Kier molecular flexibility index (Phi) is 7.62. The highest BCUT2D eigenvalue weighted by atomic mass is 14.4. The minimum Gasteiger partial charge on any atom is -0.103 e. The van der Waals surface area contributed by atoms with Gasteiger partial charge in [-0.25, -0.2) is 0 Å². The maximum absolute atomic E-state index is 3.89. The summed E-state index contributed by atoms with van der Waals surface area (Å²) in [6.45, 7) is 17.8. The van der Waals surface area contributed by atoms with Crippen LogP contribution in [0, 0.1) is 11.3 Å². The van der Waals surface area contributed by atoms with Gasteiger partial charge in [0.15, 0.2) is 0 Å². The van der Waals surface area contributed by atoms with Crippen LogP contribution < -0.4 is 0 Å². The van der Waals surface area contributed by atoms with Gasteiger partial charge < -0.3 is 0 Å². The molecular formula is C16H26. The SMILES string of the molecule is C=CCC(CC)C(CC=C)(CC=C)CC=C. The van der Waals surface area contributed by atoms with Crippen molar-refractivity contribution in [3.05, 3.63) is 50.6 Å². The predicted molar refractivity (Wildman–Crippen MR) is 75.5 cm³/mol.